The maximum absolute atomic E-state index is 6.25. The summed E-state index contributed by atoms with van der Waals surface area (Å²) >= 11 is 0. The Hall–Kier alpha value is -8.08. The summed E-state index contributed by atoms with van der Waals surface area (Å²) in [5, 5.41) is 16.6. The minimum Gasteiger partial charge on any atom is -0.496 e. The first-order valence-corrected chi connectivity index (χ1v) is 20.9. The summed E-state index contributed by atoms with van der Waals surface area (Å²) in [7, 11) is 3.48. The van der Waals surface area contributed by atoms with Crippen LogP contribution in [0.3, 0.4) is 0 Å². The van der Waals surface area contributed by atoms with E-state index in [2.05, 4.69) is 164 Å². The summed E-state index contributed by atoms with van der Waals surface area (Å²) in [5.41, 5.74) is 8.35. The van der Waals surface area contributed by atoms with Gasteiger partial charge in [0.2, 0.25) is 0 Å². The molecule has 4 nitrogen and oxygen atoms in total. The van der Waals surface area contributed by atoms with Crippen molar-refractivity contribution in [3.05, 3.63) is 194 Å². The number of methoxy groups -OCH3 is 2. The number of ether oxygens (including phenoxy) is 2. The lowest BCUT2D eigenvalue weighted by Gasteiger charge is -2.15. The van der Waals surface area contributed by atoms with E-state index in [1.54, 1.807) is 14.2 Å². The van der Waals surface area contributed by atoms with Crippen LogP contribution in [0.1, 0.15) is 0 Å². The molecule has 0 radical (unpaired) electrons. The Morgan fingerprint density at radius 2 is 0.790 bits per heavy atom. The van der Waals surface area contributed by atoms with Crippen LogP contribution < -0.4 is 9.47 Å². The number of rotatable bonds is 4. The molecule has 0 fully saturated rings. The number of benzene rings is 11. The maximum Gasteiger partial charge on any atom is 0.136 e. The van der Waals surface area contributed by atoms with Crippen molar-refractivity contribution in [3.63, 3.8) is 0 Å². The van der Waals surface area contributed by atoms with Gasteiger partial charge in [0, 0.05) is 32.3 Å². The molecule has 0 N–H and O–H groups in total. The fourth-order valence-corrected chi connectivity index (χ4v) is 9.65. The van der Waals surface area contributed by atoms with Crippen LogP contribution in [0.2, 0.25) is 0 Å². The number of hydrogen-bond acceptors (Lipinski definition) is 4. The zero-order valence-electron chi connectivity index (χ0n) is 34.1. The first kappa shape index (κ1) is 35.8. The average Bonchev–Trinajstić information content (AvgIpc) is 3.90. The Bertz CT molecular complexity index is 3910. The predicted octanol–water partition coefficient (Wildman–Crippen LogP) is 16.3. The molecule has 0 spiro atoms. The van der Waals surface area contributed by atoms with E-state index >= 15 is 0 Å². The topological polar surface area (TPSA) is 44.7 Å². The van der Waals surface area contributed by atoms with Crippen molar-refractivity contribution in [1.82, 2.24) is 0 Å². The van der Waals surface area contributed by atoms with Crippen LogP contribution in [0, 0.1) is 0 Å². The molecule has 0 amide bonds. The van der Waals surface area contributed by atoms with Crippen molar-refractivity contribution >= 4 is 97.7 Å². The SMILES string of the molecule is COc1cc(-c2ccccc2-c2ccc3oc4ccccc4c3c2)cc2ccccc12.COc1cc2c3ccccc3c3cc4c(cc3c2c2ccccc12)oc1ccccc14. The molecule has 0 aliphatic rings. The summed E-state index contributed by atoms with van der Waals surface area (Å²) in [4.78, 5) is 0. The van der Waals surface area contributed by atoms with E-state index in [4.69, 9.17) is 18.3 Å². The predicted molar refractivity (Wildman–Crippen MR) is 259 cm³/mol. The maximum atomic E-state index is 6.25. The van der Waals surface area contributed by atoms with E-state index in [0.29, 0.717) is 0 Å². The first-order valence-electron chi connectivity index (χ1n) is 20.9. The molecule has 4 heteroatoms. The molecule has 13 rings (SSSR count). The van der Waals surface area contributed by atoms with Gasteiger partial charge in [-0.05, 0) is 120 Å². The standard InChI is InChI=1S/C29H18O2.C29H20O2/c1-30-27-15-24-18-9-3-2-8-17(18)22-14-23-20-11-6-7-13-26(20)31-28(23)16-25(22)29(24)21-12-5-4-10-19(21)27;1-30-29-18-21(16-19-8-2-3-11-24(19)29)23-10-5-4-9-22(23)20-14-15-28-26(17-20)25-12-6-7-13-27(25)31-28/h2-16H,1H3;2-18H,1H3. The van der Waals surface area contributed by atoms with Gasteiger partial charge in [-0.15, -0.1) is 0 Å². The van der Waals surface area contributed by atoms with Crippen LogP contribution in [0.4, 0.5) is 0 Å². The molecule has 0 aliphatic heterocycles. The molecule has 0 unspecified atom stereocenters. The number of hydrogen-bond donors (Lipinski definition) is 0. The van der Waals surface area contributed by atoms with E-state index in [9.17, 15) is 0 Å². The lowest BCUT2D eigenvalue weighted by Crippen LogP contribution is -1.89. The highest BCUT2D eigenvalue weighted by Crippen LogP contribution is 2.45. The highest BCUT2D eigenvalue weighted by molar-refractivity contribution is 6.34. The van der Waals surface area contributed by atoms with Crippen LogP contribution in [0.25, 0.3) is 120 Å². The minimum absolute atomic E-state index is 0.888. The quantitative estimate of drug-likeness (QED) is 0.166. The molecule has 13 aromatic rings. The second kappa shape index (κ2) is 14.3. The van der Waals surface area contributed by atoms with Gasteiger partial charge in [0.25, 0.3) is 0 Å². The van der Waals surface area contributed by atoms with Crippen molar-refractivity contribution in [3.8, 4) is 33.8 Å². The van der Waals surface area contributed by atoms with E-state index in [1.807, 2.05) is 30.3 Å². The van der Waals surface area contributed by atoms with E-state index in [-0.39, 0.29) is 0 Å². The van der Waals surface area contributed by atoms with Crippen LogP contribution in [0.5, 0.6) is 11.5 Å². The average molecular weight is 799 g/mol. The molecule has 2 heterocycles. The highest BCUT2D eigenvalue weighted by atomic mass is 16.5. The summed E-state index contributed by atoms with van der Waals surface area (Å²) in [6.45, 7) is 0. The monoisotopic (exact) mass is 798 g/mol. The van der Waals surface area contributed by atoms with Crippen molar-refractivity contribution < 1.29 is 18.3 Å². The van der Waals surface area contributed by atoms with E-state index < -0.39 is 0 Å². The van der Waals surface area contributed by atoms with Gasteiger partial charge in [-0.25, -0.2) is 0 Å². The fourth-order valence-electron chi connectivity index (χ4n) is 9.65. The third-order valence-electron chi connectivity index (χ3n) is 12.5. The van der Waals surface area contributed by atoms with Gasteiger partial charge < -0.3 is 18.3 Å². The van der Waals surface area contributed by atoms with Gasteiger partial charge in [-0.3, -0.25) is 0 Å². The molecular formula is C58H38O4. The van der Waals surface area contributed by atoms with Crippen LogP contribution >= 0.6 is 0 Å². The molecule has 294 valence electrons. The molecule has 0 atom stereocenters. The molecule has 0 aliphatic carbocycles. The van der Waals surface area contributed by atoms with Crippen molar-refractivity contribution in [1.29, 1.82) is 0 Å². The Kier molecular flexibility index (Phi) is 8.26. The van der Waals surface area contributed by atoms with Crippen LogP contribution in [0.15, 0.2) is 203 Å². The van der Waals surface area contributed by atoms with Gasteiger partial charge in [-0.2, -0.15) is 0 Å². The molecule has 2 aromatic heterocycles. The zero-order chi connectivity index (χ0) is 41.3. The van der Waals surface area contributed by atoms with Gasteiger partial charge in [0.1, 0.15) is 33.8 Å². The molecular weight excluding hydrogens is 761 g/mol. The Morgan fingerprint density at radius 3 is 1.50 bits per heavy atom. The Balaban J connectivity index is 0.000000132. The zero-order valence-corrected chi connectivity index (χ0v) is 34.1. The smallest absolute Gasteiger partial charge is 0.136 e. The fraction of sp³-hybridized carbons (Fsp3) is 0.0345. The molecule has 62 heavy (non-hydrogen) atoms. The Labute approximate surface area is 356 Å². The lowest BCUT2D eigenvalue weighted by molar-refractivity contribution is 0.420. The van der Waals surface area contributed by atoms with E-state index in [0.717, 1.165) is 71.7 Å². The number of fused-ring (bicyclic) bond motifs is 15. The molecule has 0 saturated heterocycles. The number of furan rings is 2. The third-order valence-corrected chi connectivity index (χ3v) is 12.5. The number of para-hydroxylation sites is 2. The normalized spacial score (nSPS) is 11.7. The third kappa shape index (κ3) is 5.61. The molecule has 11 aromatic carbocycles. The van der Waals surface area contributed by atoms with E-state index in [1.165, 1.54) is 59.8 Å². The van der Waals surface area contributed by atoms with Gasteiger partial charge in [-0.1, -0.05) is 140 Å². The second-order valence-corrected chi connectivity index (χ2v) is 15.8. The summed E-state index contributed by atoms with van der Waals surface area (Å²) in [6, 6.07) is 68.0. The van der Waals surface area contributed by atoms with Crippen molar-refractivity contribution in [2.45, 2.75) is 0 Å². The largest absolute Gasteiger partial charge is 0.496 e. The minimum atomic E-state index is 0.888. The molecule has 0 saturated carbocycles. The van der Waals surface area contributed by atoms with Gasteiger partial charge in [0.15, 0.2) is 0 Å². The van der Waals surface area contributed by atoms with Crippen molar-refractivity contribution in [2.75, 3.05) is 14.2 Å². The van der Waals surface area contributed by atoms with Crippen LogP contribution in [-0.2, 0) is 0 Å². The van der Waals surface area contributed by atoms with Gasteiger partial charge >= 0.3 is 0 Å². The van der Waals surface area contributed by atoms with Crippen molar-refractivity contribution in [2.24, 2.45) is 0 Å². The second-order valence-electron chi connectivity index (χ2n) is 15.8. The summed E-state index contributed by atoms with van der Waals surface area (Å²) < 4.78 is 23.8. The van der Waals surface area contributed by atoms with Gasteiger partial charge in [0.05, 0.1) is 14.2 Å². The molecule has 0 bridgehead atoms. The summed E-state index contributed by atoms with van der Waals surface area (Å²) in [6.07, 6.45) is 0. The Morgan fingerprint density at radius 1 is 0.290 bits per heavy atom. The lowest BCUT2D eigenvalue weighted by atomic mass is 9.90. The summed E-state index contributed by atoms with van der Waals surface area (Å²) in [5.74, 6) is 1.79. The first-order chi connectivity index (χ1) is 30.6. The highest BCUT2D eigenvalue weighted by Gasteiger charge is 2.18. The van der Waals surface area contributed by atoms with Crippen LogP contribution in [-0.4, -0.2) is 14.2 Å².